The van der Waals surface area contributed by atoms with Crippen LogP contribution in [0, 0.1) is 0 Å². The topological polar surface area (TPSA) is 38.3 Å². The van der Waals surface area contributed by atoms with Crippen molar-refractivity contribution in [3.8, 4) is 5.75 Å². The maximum atomic E-state index is 12.9. The second-order valence-corrected chi connectivity index (χ2v) is 7.24. The van der Waals surface area contributed by atoms with Gasteiger partial charge in [-0.2, -0.15) is 13.2 Å². The summed E-state index contributed by atoms with van der Waals surface area (Å²) in [6.45, 7) is 1.77. The summed E-state index contributed by atoms with van der Waals surface area (Å²) in [5.74, 6) is 0.0410. The highest BCUT2D eigenvalue weighted by Gasteiger charge is 2.31. The van der Waals surface area contributed by atoms with Gasteiger partial charge >= 0.3 is 6.18 Å². The van der Waals surface area contributed by atoms with Gasteiger partial charge in [0.25, 0.3) is 5.91 Å². The molecule has 0 aromatic heterocycles. The van der Waals surface area contributed by atoms with Crippen LogP contribution < -0.4 is 10.1 Å². The van der Waals surface area contributed by atoms with E-state index in [2.05, 4.69) is 5.32 Å². The van der Waals surface area contributed by atoms with Crippen molar-refractivity contribution in [3.05, 3.63) is 58.1 Å². The third kappa shape index (κ3) is 4.79. The van der Waals surface area contributed by atoms with E-state index in [0.29, 0.717) is 12.2 Å². The van der Waals surface area contributed by atoms with E-state index < -0.39 is 23.8 Å². The summed E-state index contributed by atoms with van der Waals surface area (Å²) in [5.41, 5.74) is 1.55. The van der Waals surface area contributed by atoms with E-state index in [0.717, 1.165) is 37.5 Å². The summed E-state index contributed by atoms with van der Waals surface area (Å²) in [5, 5.41) is 2.49. The summed E-state index contributed by atoms with van der Waals surface area (Å²) in [6.07, 6.45) is -0.677. The minimum atomic E-state index is -4.52. The first-order valence-electron chi connectivity index (χ1n) is 9.24. The first kappa shape index (κ1) is 20.5. The maximum absolute atomic E-state index is 12.9. The zero-order valence-electron chi connectivity index (χ0n) is 15.4. The van der Waals surface area contributed by atoms with E-state index in [-0.39, 0.29) is 10.7 Å². The van der Waals surface area contributed by atoms with Gasteiger partial charge in [0.1, 0.15) is 5.75 Å². The largest absolute Gasteiger partial charge is 0.481 e. The van der Waals surface area contributed by atoms with Crippen LogP contribution in [0.25, 0.3) is 0 Å². The number of hydrogen-bond donors (Lipinski definition) is 1. The van der Waals surface area contributed by atoms with Crippen LogP contribution in [0.5, 0.6) is 5.75 Å². The van der Waals surface area contributed by atoms with Crippen LogP contribution >= 0.6 is 11.6 Å². The Kier molecular flexibility index (Phi) is 6.18. The van der Waals surface area contributed by atoms with Crippen molar-refractivity contribution in [1.82, 2.24) is 0 Å². The molecule has 2 aromatic rings. The molecule has 0 aliphatic heterocycles. The molecule has 3 nitrogen and oxygen atoms in total. The lowest BCUT2D eigenvalue weighted by atomic mass is 9.92. The molecule has 1 aliphatic rings. The number of halogens is 4. The lowest BCUT2D eigenvalue weighted by molar-refractivity contribution is -0.137. The summed E-state index contributed by atoms with van der Waals surface area (Å²) in [6, 6.07) is 8.60. The number of carbonyl (C=O) groups excluding carboxylic acids is 1. The number of anilines is 1. The van der Waals surface area contributed by atoms with E-state index in [9.17, 15) is 18.0 Å². The van der Waals surface area contributed by atoms with Crippen molar-refractivity contribution < 1.29 is 22.7 Å². The molecular formula is C21H21ClF3NO2. The number of benzene rings is 2. The van der Waals surface area contributed by atoms with E-state index in [1.807, 2.05) is 18.2 Å². The first-order chi connectivity index (χ1) is 13.3. The Hall–Kier alpha value is -2.21. The molecule has 3 rings (SSSR count). The Labute approximate surface area is 166 Å². The normalized spacial score (nSPS) is 14.9. The molecule has 0 saturated heterocycles. The van der Waals surface area contributed by atoms with Gasteiger partial charge in [-0.3, -0.25) is 4.79 Å². The highest BCUT2D eigenvalue weighted by molar-refractivity contribution is 6.33. The predicted octanol–water partition coefficient (Wildman–Crippen LogP) is 6.03. The van der Waals surface area contributed by atoms with Crippen molar-refractivity contribution in [2.24, 2.45) is 0 Å². The van der Waals surface area contributed by atoms with Crippen molar-refractivity contribution in [1.29, 1.82) is 0 Å². The lowest BCUT2D eigenvalue weighted by Crippen LogP contribution is -2.32. The van der Waals surface area contributed by atoms with Gasteiger partial charge in [-0.25, -0.2) is 0 Å². The van der Waals surface area contributed by atoms with Crippen LogP contribution in [0.15, 0.2) is 36.4 Å². The SMILES string of the molecule is CC[C@@H](Oc1ccc2c(c1)CCCC2)C(=O)Nc1cc(C(F)(F)F)ccc1Cl. The molecular weight excluding hydrogens is 391 g/mol. The number of alkyl halides is 3. The van der Waals surface area contributed by atoms with E-state index in [1.165, 1.54) is 17.5 Å². The highest BCUT2D eigenvalue weighted by Crippen LogP contribution is 2.34. The number of rotatable bonds is 5. The Morgan fingerprint density at radius 1 is 1.14 bits per heavy atom. The van der Waals surface area contributed by atoms with E-state index in [4.69, 9.17) is 16.3 Å². The number of aryl methyl sites for hydroxylation is 2. The smallest absolute Gasteiger partial charge is 0.416 e. The second kappa shape index (κ2) is 8.43. The number of nitrogens with one attached hydrogen (secondary N) is 1. The molecule has 0 fully saturated rings. The molecule has 0 heterocycles. The van der Waals surface area contributed by atoms with Crippen LogP contribution in [0.3, 0.4) is 0 Å². The monoisotopic (exact) mass is 411 g/mol. The second-order valence-electron chi connectivity index (χ2n) is 6.83. The fourth-order valence-electron chi connectivity index (χ4n) is 3.28. The Morgan fingerprint density at radius 3 is 2.54 bits per heavy atom. The van der Waals surface area contributed by atoms with Crippen molar-refractivity contribution in [3.63, 3.8) is 0 Å². The number of carbonyl (C=O) groups is 1. The number of hydrogen-bond acceptors (Lipinski definition) is 2. The molecule has 2 aromatic carbocycles. The minimum absolute atomic E-state index is 0.0324. The number of ether oxygens (including phenoxy) is 1. The summed E-state index contributed by atoms with van der Waals surface area (Å²) in [7, 11) is 0. The van der Waals surface area contributed by atoms with Gasteiger partial charge in [0.15, 0.2) is 6.10 Å². The quantitative estimate of drug-likeness (QED) is 0.652. The molecule has 28 heavy (non-hydrogen) atoms. The van der Waals surface area contributed by atoms with Crippen molar-refractivity contribution in [2.75, 3.05) is 5.32 Å². The number of fused-ring (bicyclic) bond motifs is 1. The van der Waals surface area contributed by atoms with Crippen molar-refractivity contribution in [2.45, 2.75) is 51.3 Å². The Bertz CT molecular complexity index is 867. The standard InChI is InChI=1S/C21H21ClF3NO2/c1-2-19(28-16-9-7-13-5-3-4-6-14(13)11-16)20(27)26-18-12-15(21(23,24)25)8-10-17(18)22/h7-12,19H,2-6H2,1H3,(H,26,27)/t19-/m1/s1. The van der Waals surface area contributed by atoms with Gasteiger partial charge in [-0.15, -0.1) is 0 Å². The molecule has 0 saturated carbocycles. The van der Waals surface area contributed by atoms with Gasteiger partial charge in [-0.1, -0.05) is 24.6 Å². The zero-order chi connectivity index (χ0) is 20.3. The molecule has 1 atom stereocenters. The molecule has 150 valence electrons. The summed E-state index contributed by atoms with van der Waals surface area (Å²) < 4.78 is 44.5. The highest BCUT2D eigenvalue weighted by atomic mass is 35.5. The molecule has 7 heteroatoms. The van der Waals surface area contributed by atoms with Gasteiger partial charge in [0.2, 0.25) is 0 Å². The van der Waals surface area contributed by atoms with Crippen LogP contribution in [-0.2, 0) is 23.8 Å². The van der Waals surface area contributed by atoms with Gasteiger partial charge in [0, 0.05) is 0 Å². The fourth-order valence-corrected chi connectivity index (χ4v) is 3.45. The molecule has 0 bridgehead atoms. The number of amides is 1. The third-order valence-electron chi connectivity index (χ3n) is 4.81. The van der Waals surface area contributed by atoms with Crippen LogP contribution in [-0.4, -0.2) is 12.0 Å². The van der Waals surface area contributed by atoms with E-state index >= 15 is 0 Å². The Balaban J connectivity index is 1.74. The van der Waals surface area contributed by atoms with E-state index in [1.54, 1.807) is 6.92 Å². The summed E-state index contributed by atoms with van der Waals surface area (Å²) in [4.78, 5) is 12.6. The molecule has 0 radical (unpaired) electrons. The average molecular weight is 412 g/mol. The summed E-state index contributed by atoms with van der Waals surface area (Å²) >= 11 is 5.95. The van der Waals surface area contributed by atoms with Gasteiger partial charge in [-0.05, 0) is 73.6 Å². The molecule has 1 amide bonds. The molecule has 0 spiro atoms. The molecule has 0 unspecified atom stereocenters. The maximum Gasteiger partial charge on any atom is 0.416 e. The average Bonchev–Trinajstić information content (AvgIpc) is 2.66. The zero-order valence-corrected chi connectivity index (χ0v) is 16.2. The fraction of sp³-hybridized carbons (Fsp3) is 0.381. The minimum Gasteiger partial charge on any atom is -0.481 e. The van der Waals surface area contributed by atoms with Crippen molar-refractivity contribution >= 4 is 23.2 Å². The lowest BCUT2D eigenvalue weighted by Gasteiger charge is -2.21. The van der Waals surface area contributed by atoms with Crippen LogP contribution in [0.2, 0.25) is 5.02 Å². The van der Waals surface area contributed by atoms with Crippen LogP contribution in [0.1, 0.15) is 42.9 Å². The third-order valence-corrected chi connectivity index (χ3v) is 5.14. The predicted molar refractivity (Wildman–Crippen MR) is 103 cm³/mol. The molecule has 1 N–H and O–H groups in total. The molecule has 1 aliphatic carbocycles. The van der Waals surface area contributed by atoms with Gasteiger partial charge in [0.05, 0.1) is 16.3 Å². The Morgan fingerprint density at radius 2 is 1.86 bits per heavy atom. The van der Waals surface area contributed by atoms with Gasteiger partial charge < -0.3 is 10.1 Å². The first-order valence-corrected chi connectivity index (χ1v) is 9.62. The van der Waals surface area contributed by atoms with Crippen LogP contribution in [0.4, 0.5) is 18.9 Å².